The van der Waals surface area contributed by atoms with E-state index in [0.29, 0.717) is 23.8 Å². The maximum atomic E-state index is 5.41. The second kappa shape index (κ2) is 6.51. The van der Waals surface area contributed by atoms with Crippen molar-refractivity contribution in [3.8, 4) is 0 Å². The predicted molar refractivity (Wildman–Crippen MR) is 77.0 cm³/mol. The van der Waals surface area contributed by atoms with Crippen molar-refractivity contribution >= 4 is 17.8 Å². The summed E-state index contributed by atoms with van der Waals surface area (Å²) in [6, 6.07) is 0. The molecule has 7 heteroatoms. The van der Waals surface area contributed by atoms with Crippen LogP contribution in [0.15, 0.2) is 0 Å². The van der Waals surface area contributed by atoms with Gasteiger partial charge >= 0.3 is 0 Å². The molecule has 0 bridgehead atoms. The van der Waals surface area contributed by atoms with Crippen molar-refractivity contribution in [2.45, 2.75) is 33.1 Å². The van der Waals surface area contributed by atoms with Crippen LogP contribution in [0.1, 0.15) is 33.1 Å². The molecule has 0 aliphatic carbocycles. The van der Waals surface area contributed by atoms with Gasteiger partial charge < -0.3 is 10.2 Å². The lowest BCUT2D eigenvalue weighted by Crippen LogP contribution is -2.23. The minimum Gasteiger partial charge on any atom is -0.354 e. The molecular formula is C12H23N7. The number of nitrogens with zero attached hydrogens (tertiary/aromatic N) is 4. The van der Waals surface area contributed by atoms with Crippen LogP contribution in [-0.2, 0) is 0 Å². The van der Waals surface area contributed by atoms with Gasteiger partial charge in [-0.3, -0.25) is 5.43 Å². The molecule has 0 atom stereocenters. The molecule has 0 saturated carbocycles. The van der Waals surface area contributed by atoms with E-state index in [9.17, 15) is 0 Å². The molecule has 1 aromatic heterocycles. The van der Waals surface area contributed by atoms with Crippen molar-refractivity contribution in [2.24, 2.45) is 11.8 Å². The molecule has 0 radical (unpaired) electrons. The van der Waals surface area contributed by atoms with E-state index in [1.165, 1.54) is 12.8 Å². The minimum atomic E-state index is 0.406. The number of hydrogen-bond donors (Lipinski definition) is 3. The Kier molecular flexibility index (Phi) is 4.73. The van der Waals surface area contributed by atoms with Gasteiger partial charge in [-0.05, 0) is 25.2 Å². The second-order valence-electron chi connectivity index (χ2n) is 5.23. The Morgan fingerprint density at radius 1 is 1.16 bits per heavy atom. The largest absolute Gasteiger partial charge is 0.354 e. The molecule has 0 spiro atoms. The Morgan fingerprint density at radius 3 is 2.47 bits per heavy atom. The molecule has 0 aromatic carbocycles. The van der Waals surface area contributed by atoms with Crippen molar-refractivity contribution in [1.29, 1.82) is 0 Å². The zero-order valence-electron chi connectivity index (χ0n) is 11.7. The van der Waals surface area contributed by atoms with Crippen LogP contribution in [-0.4, -0.2) is 34.6 Å². The lowest BCUT2D eigenvalue weighted by Gasteiger charge is -2.16. The van der Waals surface area contributed by atoms with Crippen molar-refractivity contribution in [1.82, 2.24) is 15.0 Å². The van der Waals surface area contributed by atoms with Crippen LogP contribution in [0.4, 0.5) is 17.8 Å². The zero-order valence-corrected chi connectivity index (χ0v) is 11.7. The van der Waals surface area contributed by atoms with Gasteiger partial charge in [-0.2, -0.15) is 15.0 Å². The summed E-state index contributed by atoms with van der Waals surface area (Å²) in [6.07, 6.45) is 3.45. The normalized spacial score (nSPS) is 15.1. The number of hydrogen-bond acceptors (Lipinski definition) is 7. The average Bonchev–Trinajstić information content (AvgIpc) is 2.92. The van der Waals surface area contributed by atoms with Crippen LogP contribution in [0.5, 0.6) is 0 Å². The zero-order chi connectivity index (χ0) is 13.7. The van der Waals surface area contributed by atoms with E-state index in [2.05, 4.69) is 44.4 Å². The maximum Gasteiger partial charge on any atom is 0.243 e. The first-order chi connectivity index (χ1) is 9.19. The molecule has 1 aliphatic heterocycles. The number of hydrazine groups is 1. The van der Waals surface area contributed by atoms with Crippen LogP contribution < -0.4 is 21.5 Å². The van der Waals surface area contributed by atoms with Crippen molar-refractivity contribution in [3.05, 3.63) is 0 Å². The van der Waals surface area contributed by atoms with Gasteiger partial charge in [0.25, 0.3) is 0 Å². The molecule has 1 saturated heterocycles. The van der Waals surface area contributed by atoms with Crippen LogP contribution >= 0.6 is 0 Å². The number of rotatable bonds is 6. The van der Waals surface area contributed by atoms with Gasteiger partial charge in [0.1, 0.15) is 0 Å². The number of anilines is 3. The van der Waals surface area contributed by atoms with Crippen LogP contribution in [0.25, 0.3) is 0 Å². The fourth-order valence-corrected chi connectivity index (χ4v) is 2.04. The molecule has 7 nitrogen and oxygen atoms in total. The highest BCUT2D eigenvalue weighted by Crippen LogP contribution is 2.18. The predicted octanol–water partition coefficient (Wildman–Crippen LogP) is 1.22. The number of aromatic nitrogens is 3. The van der Waals surface area contributed by atoms with Gasteiger partial charge in [0, 0.05) is 19.6 Å². The van der Waals surface area contributed by atoms with Crippen LogP contribution in [0.3, 0.4) is 0 Å². The van der Waals surface area contributed by atoms with E-state index >= 15 is 0 Å². The monoisotopic (exact) mass is 265 g/mol. The Morgan fingerprint density at radius 2 is 1.84 bits per heavy atom. The molecule has 106 valence electrons. The second-order valence-corrected chi connectivity index (χ2v) is 5.23. The summed E-state index contributed by atoms with van der Waals surface area (Å²) >= 11 is 0. The standard InChI is InChI=1S/C12H23N7/c1-9(2)5-6-14-10-15-11(18-13)17-12(16-10)19-7-3-4-8-19/h9H,3-8,13H2,1-2H3,(H2,14,15,16,17,18). The summed E-state index contributed by atoms with van der Waals surface area (Å²) in [5, 5.41) is 3.23. The van der Waals surface area contributed by atoms with Gasteiger partial charge in [0.2, 0.25) is 17.8 Å². The van der Waals surface area contributed by atoms with E-state index < -0.39 is 0 Å². The summed E-state index contributed by atoms with van der Waals surface area (Å²) in [7, 11) is 0. The smallest absolute Gasteiger partial charge is 0.243 e. The fraction of sp³-hybridized carbons (Fsp3) is 0.750. The first kappa shape index (κ1) is 13.8. The van der Waals surface area contributed by atoms with E-state index in [1.807, 2.05) is 0 Å². The Hall–Kier alpha value is -1.63. The van der Waals surface area contributed by atoms with Gasteiger partial charge in [0.15, 0.2) is 0 Å². The topological polar surface area (TPSA) is 92.0 Å². The fourth-order valence-electron chi connectivity index (χ4n) is 2.04. The third kappa shape index (κ3) is 3.92. The van der Waals surface area contributed by atoms with Gasteiger partial charge in [-0.1, -0.05) is 13.8 Å². The Bertz CT molecular complexity index is 401. The molecule has 2 heterocycles. The molecule has 4 N–H and O–H groups in total. The molecule has 0 unspecified atom stereocenters. The van der Waals surface area contributed by atoms with Crippen LogP contribution in [0.2, 0.25) is 0 Å². The Balaban J connectivity index is 2.06. The number of nitrogens with one attached hydrogen (secondary N) is 2. The highest BCUT2D eigenvalue weighted by molar-refractivity contribution is 5.43. The number of nitrogen functional groups attached to an aromatic ring is 1. The molecule has 19 heavy (non-hydrogen) atoms. The maximum absolute atomic E-state index is 5.41. The van der Waals surface area contributed by atoms with Gasteiger partial charge in [-0.25, -0.2) is 5.84 Å². The Labute approximate surface area is 114 Å². The summed E-state index contributed by atoms with van der Waals surface area (Å²) in [4.78, 5) is 15.1. The van der Waals surface area contributed by atoms with Crippen LogP contribution in [0, 0.1) is 5.92 Å². The molecule has 1 aliphatic rings. The lowest BCUT2D eigenvalue weighted by molar-refractivity contribution is 0.605. The van der Waals surface area contributed by atoms with Gasteiger partial charge in [-0.15, -0.1) is 0 Å². The average molecular weight is 265 g/mol. The van der Waals surface area contributed by atoms with Crippen molar-refractivity contribution in [2.75, 3.05) is 35.3 Å². The molecule has 0 amide bonds. The highest BCUT2D eigenvalue weighted by Gasteiger charge is 2.17. The third-order valence-corrected chi connectivity index (χ3v) is 3.15. The quantitative estimate of drug-likeness (QED) is 0.526. The highest BCUT2D eigenvalue weighted by atomic mass is 15.4. The molecule has 1 aromatic rings. The van der Waals surface area contributed by atoms with Crippen molar-refractivity contribution < 1.29 is 0 Å². The summed E-state index contributed by atoms with van der Waals surface area (Å²) in [5.74, 6) is 7.76. The summed E-state index contributed by atoms with van der Waals surface area (Å²) in [6.45, 7) is 7.24. The van der Waals surface area contributed by atoms with E-state index in [4.69, 9.17) is 5.84 Å². The third-order valence-electron chi connectivity index (χ3n) is 3.15. The van der Waals surface area contributed by atoms with E-state index in [-0.39, 0.29) is 0 Å². The molecule has 2 rings (SSSR count). The van der Waals surface area contributed by atoms with E-state index in [0.717, 1.165) is 26.1 Å². The lowest BCUT2D eigenvalue weighted by atomic mass is 10.1. The van der Waals surface area contributed by atoms with Crippen molar-refractivity contribution in [3.63, 3.8) is 0 Å². The first-order valence-corrected chi connectivity index (χ1v) is 6.90. The minimum absolute atomic E-state index is 0.406. The summed E-state index contributed by atoms with van der Waals surface area (Å²) in [5.41, 5.74) is 2.50. The SMILES string of the molecule is CC(C)CCNc1nc(NN)nc(N2CCCC2)n1. The number of nitrogens with two attached hydrogens (primary N) is 1. The first-order valence-electron chi connectivity index (χ1n) is 6.90. The van der Waals surface area contributed by atoms with E-state index in [1.54, 1.807) is 0 Å². The van der Waals surface area contributed by atoms with Gasteiger partial charge in [0.05, 0.1) is 0 Å². The molecule has 1 fully saturated rings. The molecular weight excluding hydrogens is 242 g/mol. The summed E-state index contributed by atoms with van der Waals surface area (Å²) < 4.78 is 0.